The Morgan fingerprint density at radius 1 is 1.37 bits per heavy atom. The maximum Gasteiger partial charge on any atom is 0.343 e. The van der Waals surface area contributed by atoms with E-state index in [9.17, 15) is 9.90 Å². The first-order chi connectivity index (χ1) is 9.04. The van der Waals surface area contributed by atoms with Crippen molar-refractivity contribution in [2.24, 2.45) is 22.2 Å². The molecule has 7 heteroatoms. The summed E-state index contributed by atoms with van der Waals surface area (Å²) < 4.78 is 5.13. The van der Waals surface area contributed by atoms with Gasteiger partial charge >= 0.3 is 5.97 Å². The van der Waals surface area contributed by atoms with E-state index in [-0.39, 0.29) is 17.3 Å². The van der Waals surface area contributed by atoms with Gasteiger partial charge in [-0.1, -0.05) is 12.1 Å². The zero-order valence-electron chi connectivity index (χ0n) is 10.5. The molecule has 0 aromatic heterocycles. The molecule has 1 aromatic carbocycles. The lowest BCUT2D eigenvalue weighted by Gasteiger charge is -2.14. The summed E-state index contributed by atoms with van der Waals surface area (Å²) >= 11 is 0. The largest absolute Gasteiger partial charge is 0.507 e. The van der Waals surface area contributed by atoms with Crippen LogP contribution in [0.1, 0.15) is 23.2 Å². The fourth-order valence-corrected chi connectivity index (χ4v) is 1.44. The predicted molar refractivity (Wildman–Crippen MR) is 71.4 cm³/mol. The van der Waals surface area contributed by atoms with Crippen LogP contribution in [-0.2, 0) is 4.74 Å². The summed E-state index contributed by atoms with van der Waals surface area (Å²) in [4.78, 5) is 15.7. The molecule has 19 heavy (non-hydrogen) atoms. The second-order valence-corrected chi connectivity index (χ2v) is 3.86. The van der Waals surface area contributed by atoms with Gasteiger partial charge in [0.25, 0.3) is 0 Å². The van der Waals surface area contributed by atoms with Crippen molar-refractivity contribution in [1.29, 1.82) is 0 Å². The highest BCUT2D eigenvalue weighted by atomic mass is 16.6. The summed E-state index contributed by atoms with van der Waals surface area (Å²) in [5, 5.41) is 9.55. The van der Waals surface area contributed by atoms with Gasteiger partial charge in [-0.05, 0) is 25.1 Å². The van der Waals surface area contributed by atoms with E-state index in [1.807, 2.05) is 0 Å². The zero-order chi connectivity index (χ0) is 14.3. The van der Waals surface area contributed by atoms with E-state index in [2.05, 4.69) is 4.99 Å². The fraction of sp³-hybridized carbons (Fsp3) is 0.333. The molecule has 1 aromatic rings. The third-order valence-corrected chi connectivity index (χ3v) is 2.32. The molecule has 0 amide bonds. The molecule has 0 heterocycles. The number of benzene rings is 1. The maximum atomic E-state index is 11.9. The minimum absolute atomic E-state index is 0.0611. The van der Waals surface area contributed by atoms with Gasteiger partial charge in [0.15, 0.2) is 12.2 Å². The molecule has 0 saturated heterocycles. The molecule has 1 unspecified atom stereocenters. The normalized spacial score (nSPS) is 11.6. The van der Waals surface area contributed by atoms with Crippen LogP contribution in [0.15, 0.2) is 29.3 Å². The highest BCUT2D eigenvalue weighted by molar-refractivity contribution is 5.92. The molecule has 0 saturated carbocycles. The number of nitrogens with zero attached hydrogens (tertiary/aromatic N) is 1. The highest BCUT2D eigenvalue weighted by Gasteiger charge is 2.17. The van der Waals surface area contributed by atoms with Crippen LogP contribution >= 0.6 is 0 Å². The number of ether oxygens (including phenoxy) is 1. The van der Waals surface area contributed by atoms with E-state index in [4.69, 9.17) is 21.9 Å². The van der Waals surface area contributed by atoms with Gasteiger partial charge in [0.1, 0.15) is 11.3 Å². The van der Waals surface area contributed by atoms with Crippen LogP contribution in [0.25, 0.3) is 0 Å². The highest BCUT2D eigenvalue weighted by Crippen LogP contribution is 2.18. The number of rotatable bonds is 6. The number of aliphatic imine (C=N–C) groups is 1. The zero-order valence-corrected chi connectivity index (χ0v) is 10.5. The van der Waals surface area contributed by atoms with Crippen molar-refractivity contribution in [1.82, 2.24) is 0 Å². The summed E-state index contributed by atoms with van der Waals surface area (Å²) in [7, 11) is 0. The molecule has 0 aliphatic rings. The van der Waals surface area contributed by atoms with E-state index in [1.54, 1.807) is 12.1 Å². The summed E-state index contributed by atoms with van der Waals surface area (Å²) in [5.74, 6) is -1.02. The number of aromatic hydroxyl groups is 1. The fourth-order valence-electron chi connectivity index (χ4n) is 1.44. The van der Waals surface area contributed by atoms with Gasteiger partial charge in [0.2, 0.25) is 0 Å². The van der Waals surface area contributed by atoms with E-state index in [1.165, 1.54) is 12.1 Å². The molecular weight excluding hydrogens is 248 g/mol. The Morgan fingerprint density at radius 3 is 2.63 bits per heavy atom. The molecule has 0 fully saturated rings. The third kappa shape index (κ3) is 4.84. The van der Waals surface area contributed by atoms with Gasteiger partial charge in [-0.15, -0.1) is 0 Å². The van der Waals surface area contributed by atoms with Crippen LogP contribution < -0.4 is 17.2 Å². The number of carbonyl (C=O) groups excluding carboxylic acids is 1. The van der Waals surface area contributed by atoms with Crippen molar-refractivity contribution in [3.63, 3.8) is 0 Å². The molecule has 7 N–H and O–H groups in total. The van der Waals surface area contributed by atoms with Gasteiger partial charge < -0.3 is 27.0 Å². The molecule has 104 valence electrons. The van der Waals surface area contributed by atoms with Crippen molar-refractivity contribution in [3.05, 3.63) is 29.8 Å². The van der Waals surface area contributed by atoms with Crippen molar-refractivity contribution >= 4 is 11.9 Å². The lowest BCUT2D eigenvalue weighted by atomic mass is 10.2. The number of phenols is 1. The van der Waals surface area contributed by atoms with Crippen molar-refractivity contribution in [2.75, 3.05) is 6.54 Å². The van der Waals surface area contributed by atoms with E-state index < -0.39 is 12.2 Å². The van der Waals surface area contributed by atoms with Crippen molar-refractivity contribution < 1.29 is 14.6 Å². The molecule has 0 spiro atoms. The minimum atomic E-state index is -0.805. The number of esters is 1. The van der Waals surface area contributed by atoms with E-state index in [0.29, 0.717) is 19.4 Å². The van der Waals surface area contributed by atoms with E-state index in [0.717, 1.165) is 0 Å². The number of phenolic OH excluding ortho intramolecular Hbond substituents is 1. The molecule has 0 radical (unpaired) electrons. The van der Waals surface area contributed by atoms with Crippen LogP contribution in [0.4, 0.5) is 0 Å². The number of nitrogens with two attached hydrogens (primary N) is 3. The SMILES string of the molecule is NCCCC(N=C(N)N)OC(=O)c1ccccc1O. The Morgan fingerprint density at radius 2 is 2.05 bits per heavy atom. The molecule has 1 rings (SSSR count). The quantitative estimate of drug-likeness (QED) is 0.322. The van der Waals surface area contributed by atoms with Crippen molar-refractivity contribution in [3.8, 4) is 5.75 Å². The van der Waals surface area contributed by atoms with E-state index >= 15 is 0 Å². The first-order valence-corrected chi connectivity index (χ1v) is 5.82. The lowest BCUT2D eigenvalue weighted by molar-refractivity contribution is 0.0297. The third-order valence-electron chi connectivity index (χ3n) is 2.32. The first-order valence-electron chi connectivity index (χ1n) is 5.82. The molecular formula is C12H18N4O3. The van der Waals surface area contributed by atoms with Crippen LogP contribution in [0.2, 0.25) is 0 Å². The van der Waals surface area contributed by atoms with Crippen LogP contribution in [0.5, 0.6) is 5.75 Å². The summed E-state index contributed by atoms with van der Waals surface area (Å²) in [5.41, 5.74) is 16.0. The Bertz CT molecular complexity index is 458. The number of para-hydroxylation sites is 1. The summed E-state index contributed by atoms with van der Waals surface area (Å²) in [6, 6.07) is 6.07. The lowest BCUT2D eigenvalue weighted by Crippen LogP contribution is -2.28. The smallest absolute Gasteiger partial charge is 0.343 e. The molecule has 0 aliphatic carbocycles. The first kappa shape index (κ1) is 14.8. The van der Waals surface area contributed by atoms with Gasteiger partial charge in [-0.2, -0.15) is 0 Å². The van der Waals surface area contributed by atoms with Gasteiger partial charge in [-0.25, -0.2) is 9.79 Å². The average molecular weight is 266 g/mol. The van der Waals surface area contributed by atoms with Crippen LogP contribution in [-0.4, -0.2) is 29.8 Å². The number of carbonyl (C=O) groups is 1. The number of guanidine groups is 1. The predicted octanol–water partition coefficient (Wildman–Crippen LogP) is -0.113. The number of hydrogen-bond acceptors (Lipinski definition) is 5. The molecule has 0 bridgehead atoms. The maximum absolute atomic E-state index is 11.9. The molecule has 0 aliphatic heterocycles. The topological polar surface area (TPSA) is 137 Å². The Balaban J connectivity index is 2.76. The second kappa shape index (κ2) is 7.22. The van der Waals surface area contributed by atoms with Crippen LogP contribution in [0.3, 0.4) is 0 Å². The molecule has 7 nitrogen and oxygen atoms in total. The second-order valence-electron chi connectivity index (χ2n) is 3.86. The summed E-state index contributed by atoms with van der Waals surface area (Å²) in [6.45, 7) is 0.435. The van der Waals surface area contributed by atoms with Gasteiger partial charge in [0.05, 0.1) is 0 Å². The standard InChI is InChI=1S/C12H18N4O3/c13-7-3-6-10(16-12(14)15)19-11(18)8-4-1-2-5-9(8)17/h1-2,4-5,10,17H,3,6-7,13H2,(H4,14,15,16). The van der Waals surface area contributed by atoms with Gasteiger partial charge in [-0.3, -0.25) is 0 Å². The Hall–Kier alpha value is -2.28. The van der Waals surface area contributed by atoms with Crippen LogP contribution in [0, 0.1) is 0 Å². The Labute approximate surface area is 111 Å². The minimum Gasteiger partial charge on any atom is -0.507 e. The Kier molecular flexibility index (Phi) is 5.62. The molecule has 1 atom stereocenters. The average Bonchev–Trinajstić information content (AvgIpc) is 2.35. The van der Waals surface area contributed by atoms with Gasteiger partial charge in [0, 0.05) is 6.42 Å². The summed E-state index contributed by atoms with van der Waals surface area (Å²) in [6.07, 6.45) is 0.212. The van der Waals surface area contributed by atoms with Crippen molar-refractivity contribution in [2.45, 2.75) is 19.1 Å². The monoisotopic (exact) mass is 266 g/mol. The number of hydrogen-bond donors (Lipinski definition) is 4.